The molecule has 0 saturated carbocycles. The molecule has 24 heavy (non-hydrogen) atoms. The molecule has 4 nitrogen and oxygen atoms in total. The van der Waals surface area contributed by atoms with Gasteiger partial charge >= 0.3 is 0 Å². The van der Waals surface area contributed by atoms with Gasteiger partial charge in [0.1, 0.15) is 5.69 Å². The number of carbonyl (C=O) groups excluding carboxylic acids is 1. The lowest BCUT2D eigenvalue weighted by Crippen LogP contribution is -2.29. The van der Waals surface area contributed by atoms with Gasteiger partial charge in [0, 0.05) is 17.1 Å². The predicted octanol–water partition coefficient (Wildman–Crippen LogP) is 3.66. The number of thiophene rings is 1. The number of aromatic nitrogens is 1. The van der Waals surface area contributed by atoms with Gasteiger partial charge in [-0.3, -0.25) is 4.79 Å². The first-order chi connectivity index (χ1) is 11.6. The van der Waals surface area contributed by atoms with Crippen LogP contribution in [0.25, 0.3) is 0 Å². The number of nitrogens with one attached hydrogen (secondary N) is 2. The Labute approximate surface area is 146 Å². The van der Waals surface area contributed by atoms with E-state index in [2.05, 4.69) is 21.3 Å². The molecule has 1 atom stereocenters. The Morgan fingerprint density at radius 3 is 2.58 bits per heavy atom. The molecule has 1 unspecified atom stereocenters. The maximum atomic E-state index is 12.7. The Hall–Kier alpha value is -2.37. The number of benzene rings is 1. The number of rotatable bonds is 6. The molecule has 0 fully saturated rings. The van der Waals surface area contributed by atoms with Crippen molar-refractivity contribution in [1.29, 1.82) is 0 Å². The normalized spacial score (nSPS) is 12.3. The molecular weight excluding hydrogens is 318 g/mol. The lowest BCUT2D eigenvalue weighted by Gasteiger charge is -2.17. The quantitative estimate of drug-likeness (QED) is 0.720. The highest BCUT2D eigenvalue weighted by atomic mass is 32.1. The molecule has 5 heteroatoms. The van der Waals surface area contributed by atoms with Gasteiger partial charge in [-0.2, -0.15) is 0 Å². The van der Waals surface area contributed by atoms with Crippen LogP contribution in [0.1, 0.15) is 32.7 Å². The molecule has 1 amide bonds. The van der Waals surface area contributed by atoms with Gasteiger partial charge in [-0.1, -0.05) is 36.4 Å². The van der Waals surface area contributed by atoms with Crippen LogP contribution in [0.5, 0.6) is 0 Å². The standard InChI is InChI=1S/C19H21N3OS/c1-22(2)13-15-10-11-16(20-15)19(23)21-18(17-9-6-12-24-17)14-7-4-3-5-8-14/h3-12,18,20H,13H2,1-2H3,(H,21,23). The van der Waals surface area contributed by atoms with E-state index in [-0.39, 0.29) is 11.9 Å². The molecule has 0 radical (unpaired) electrons. The lowest BCUT2D eigenvalue weighted by molar-refractivity contribution is 0.0939. The Morgan fingerprint density at radius 2 is 1.92 bits per heavy atom. The molecule has 124 valence electrons. The largest absolute Gasteiger partial charge is 0.353 e. The van der Waals surface area contributed by atoms with E-state index < -0.39 is 0 Å². The molecule has 2 heterocycles. The summed E-state index contributed by atoms with van der Waals surface area (Å²) in [6, 6.07) is 17.8. The molecular formula is C19H21N3OS. The van der Waals surface area contributed by atoms with E-state index in [9.17, 15) is 4.79 Å². The SMILES string of the molecule is CN(C)Cc1ccc(C(=O)NC(c2ccccc2)c2cccs2)[nH]1. The van der Waals surface area contributed by atoms with Gasteiger partial charge in [-0.15, -0.1) is 11.3 Å². The first kappa shape index (κ1) is 16.5. The highest BCUT2D eigenvalue weighted by molar-refractivity contribution is 7.10. The van der Waals surface area contributed by atoms with Crippen molar-refractivity contribution in [3.8, 4) is 0 Å². The van der Waals surface area contributed by atoms with Crippen LogP contribution in [0.4, 0.5) is 0 Å². The third-order valence-electron chi connectivity index (χ3n) is 3.71. The minimum absolute atomic E-state index is 0.0951. The third kappa shape index (κ3) is 3.93. The molecule has 2 N–H and O–H groups in total. The summed E-state index contributed by atoms with van der Waals surface area (Å²) in [4.78, 5) is 19.0. The van der Waals surface area contributed by atoms with E-state index >= 15 is 0 Å². The highest BCUT2D eigenvalue weighted by Gasteiger charge is 2.19. The van der Waals surface area contributed by atoms with Crippen molar-refractivity contribution in [1.82, 2.24) is 15.2 Å². The number of aromatic amines is 1. The number of amides is 1. The van der Waals surface area contributed by atoms with E-state index in [1.807, 2.05) is 68.0 Å². The monoisotopic (exact) mass is 339 g/mol. The van der Waals surface area contributed by atoms with Crippen LogP contribution >= 0.6 is 11.3 Å². The molecule has 0 aliphatic carbocycles. The number of carbonyl (C=O) groups is 1. The van der Waals surface area contributed by atoms with Crippen molar-refractivity contribution >= 4 is 17.2 Å². The Kier molecular flexibility index (Phi) is 5.13. The number of hydrogen-bond donors (Lipinski definition) is 2. The first-order valence-corrected chi connectivity index (χ1v) is 8.73. The summed E-state index contributed by atoms with van der Waals surface area (Å²) in [5.74, 6) is -0.0951. The minimum Gasteiger partial charge on any atom is -0.353 e. The smallest absolute Gasteiger partial charge is 0.268 e. The predicted molar refractivity (Wildman–Crippen MR) is 98.3 cm³/mol. The molecule has 0 aliphatic rings. The molecule has 1 aromatic carbocycles. The molecule has 0 saturated heterocycles. The van der Waals surface area contributed by atoms with E-state index in [1.165, 1.54) is 0 Å². The van der Waals surface area contributed by atoms with E-state index in [4.69, 9.17) is 0 Å². The zero-order chi connectivity index (χ0) is 16.9. The van der Waals surface area contributed by atoms with E-state index in [0.29, 0.717) is 5.69 Å². The summed E-state index contributed by atoms with van der Waals surface area (Å²) in [7, 11) is 4.01. The zero-order valence-electron chi connectivity index (χ0n) is 13.8. The van der Waals surface area contributed by atoms with E-state index in [1.54, 1.807) is 11.3 Å². The molecule has 0 aliphatic heterocycles. The maximum Gasteiger partial charge on any atom is 0.268 e. The van der Waals surface area contributed by atoms with Crippen molar-refractivity contribution in [3.63, 3.8) is 0 Å². The van der Waals surface area contributed by atoms with Gasteiger partial charge in [-0.25, -0.2) is 0 Å². The number of hydrogen-bond acceptors (Lipinski definition) is 3. The van der Waals surface area contributed by atoms with Crippen molar-refractivity contribution in [2.75, 3.05) is 14.1 Å². The second-order valence-corrected chi connectivity index (χ2v) is 6.95. The van der Waals surface area contributed by atoms with Crippen LogP contribution in [-0.2, 0) is 6.54 Å². The Bertz CT molecular complexity index is 778. The third-order valence-corrected chi connectivity index (χ3v) is 4.65. The molecule has 3 rings (SSSR count). The van der Waals surface area contributed by atoms with Crippen molar-refractivity contribution in [3.05, 3.63) is 81.8 Å². The van der Waals surface area contributed by atoms with Crippen LogP contribution in [0, 0.1) is 0 Å². The van der Waals surface area contributed by atoms with Crippen molar-refractivity contribution in [2.24, 2.45) is 0 Å². The van der Waals surface area contributed by atoms with Crippen LogP contribution in [0.2, 0.25) is 0 Å². The fourth-order valence-electron chi connectivity index (χ4n) is 2.63. The Balaban J connectivity index is 1.80. The highest BCUT2D eigenvalue weighted by Crippen LogP contribution is 2.26. The second-order valence-electron chi connectivity index (χ2n) is 5.97. The summed E-state index contributed by atoms with van der Waals surface area (Å²) < 4.78 is 0. The number of H-pyrrole nitrogens is 1. The van der Waals surface area contributed by atoms with E-state index in [0.717, 1.165) is 22.7 Å². The van der Waals surface area contributed by atoms with Crippen LogP contribution < -0.4 is 5.32 Å². The Morgan fingerprint density at radius 1 is 1.12 bits per heavy atom. The average molecular weight is 339 g/mol. The molecule has 3 aromatic rings. The lowest BCUT2D eigenvalue weighted by atomic mass is 10.1. The fraction of sp³-hybridized carbons (Fsp3) is 0.211. The van der Waals surface area contributed by atoms with Crippen LogP contribution in [-0.4, -0.2) is 29.9 Å². The van der Waals surface area contributed by atoms with Gasteiger partial charge in [0.2, 0.25) is 0 Å². The van der Waals surface area contributed by atoms with Crippen LogP contribution in [0.3, 0.4) is 0 Å². The summed E-state index contributed by atoms with van der Waals surface area (Å²) in [5, 5.41) is 5.17. The average Bonchev–Trinajstić information content (AvgIpc) is 3.24. The van der Waals surface area contributed by atoms with Crippen LogP contribution in [0.15, 0.2) is 60.0 Å². The van der Waals surface area contributed by atoms with Gasteiger partial charge in [0.05, 0.1) is 6.04 Å². The maximum absolute atomic E-state index is 12.7. The summed E-state index contributed by atoms with van der Waals surface area (Å²) >= 11 is 1.65. The molecule has 2 aromatic heterocycles. The second kappa shape index (κ2) is 7.47. The topological polar surface area (TPSA) is 48.1 Å². The molecule has 0 spiro atoms. The zero-order valence-corrected chi connectivity index (χ0v) is 14.6. The summed E-state index contributed by atoms with van der Waals surface area (Å²) in [5.41, 5.74) is 2.69. The van der Waals surface area contributed by atoms with Crippen molar-refractivity contribution < 1.29 is 4.79 Å². The van der Waals surface area contributed by atoms with Gasteiger partial charge in [-0.05, 0) is 43.2 Å². The summed E-state index contributed by atoms with van der Waals surface area (Å²) in [6.07, 6.45) is 0. The van der Waals surface area contributed by atoms with Gasteiger partial charge in [0.15, 0.2) is 0 Å². The first-order valence-electron chi connectivity index (χ1n) is 7.85. The van der Waals surface area contributed by atoms with Crippen molar-refractivity contribution in [2.45, 2.75) is 12.6 Å². The fourth-order valence-corrected chi connectivity index (χ4v) is 3.44. The van der Waals surface area contributed by atoms with Gasteiger partial charge < -0.3 is 15.2 Å². The minimum atomic E-state index is -0.140. The van der Waals surface area contributed by atoms with Gasteiger partial charge in [0.25, 0.3) is 5.91 Å². The number of nitrogens with zero attached hydrogens (tertiary/aromatic N) is 1. The molecule has 0 bridgehead atoms. The summed E-state index contributed by atoms with van der Waals surface area (Å²) in [6.45, 7) is 0.778.